The molecule has 0 saturated carbocycles. The zero-order valence-corrected chi connectivity index (χ0v) is 14.4. The molecule has 0 radical (unpaired) electrons. The van der Waals surface area contributed by atoms with Gasteiger partial charge in [-0.25, -0.2) is 14.4 Å². The molecular weight excluding hydrogens is 319 g/mol. The normalized spacial score (nSPS) is 23.5. The molecule has 1 aromatic carbocycles. The van der Waals surface area contributed by atoms with Crippen LogP contribution >= 0.6 is 0 Å². The van der Waals surface area contributed by atoms with Crippen LogP contribution in [0.4, 0.5) is 10.2 Å². The molecule has 6 heteroatoms. The Morgan fingerprint density at radius 1 is 1.24 bits per heavy atom. The molecule has 0 spiro atoms. The van der Waals surface area contributed by atoms with Crippen molar-refractivity contribution in [2.75, 3.05) is 31.6 Å². The maximum Gasteiger partial charge on any atom is 0.165 e. The van der Waals surface area contributed by atoms with Crippen LogP contribution in [-0.4, -0.2) is 47.7 Å². The molecule has 1 aromatic heterocycles. The first-order chi connectivity index (χ1) is 12.2. The molecule has 2 fully saturated rings. The monoisotopic (exact) mass is 342 g/mol. The van der Waals surface area contributed by atoms with Gasteiger partial charge in [-0.2, -0.15) is 0 Å². The highest BCUT2D eigenvalue weighted by Gasteiger charge is 2.38. The summed E-state index contributed by atoms with van der Waals surface area (Å²) in [5, 5.41) is 0. The highest BCUT2D eigenvalue weighted by molar-refractivity contribution is 5.38. The van der Waals surface area contributed by atoms with Gasteiger partial charge in [-0.15, -0.1) is 0 Å². The van der Waals surface area contributed by atoms with Gasteiger partial charge in [0.25, 0.3) is 0 Å². The first-order valence-corrected chi connectivity index (χ1v) is 8.82. The Kier molecular flexibility index (Phi) is 4.53. The lowest BCUT2D eigenvalue weighted by molar-refractivity contribution is 0.200. The van der Waals surface area contributed by atoms with Gasteiger partial charge in [-0.05, 0) is 49.1 Å². The van der Waals surface area contributed by atoms with Crippen LogP contribution in [0.5, 0.6) is 5.75 Å². The Labute approximate surface area is 147 Å². The third kappa shape index (κ3) is 3.31. The fourth-order valence-corrected chi connectivity index (χ4v) is 4.15. The van der Waals surface area contributed by atoms with E-state index in [1.54, 1.807) is 24.7 Å². The van der Waals surface area contributed by atoms with Crippen molar-refractivity contribution in [3.63, 3.8) is 0 Å². The van der Waals surface area contributed by atoms with E-state index in [1.807, 2.05) is 12.1 Å². The van der Waals surface area contributed by atoms with Crippen LogP contribution in [-0.2, 0) is 6.54 Å². The van der Waals surface area contributed by atoms with E-state index in [4.69, 9.17) is 4.74 Å². The highest BCUT2D eigenvalue weighted by Crippen LogP contribution is 2.34. The number of benzene rings is 1. The van der Waals surface area contributed by atoms with Crippen molar-refractivity contribution in [3.05, 3.63) is 48.2 Å². The summed E-state index contributed by atoms with van der Waals surface area (Å²) in [6, 6.07) is 7.73. The predicted molar refractivity (Wildman–Crippen MR) is 94.1 cm³/mol. The van der Waals surface area contributed by atoms with Gasteiger partial charge in [0.1, 0.15) is 12.1 Å². The zero-order valence-electron chi connectivity index (χ0n) is 14.4. The molecule has 4 rings (SSSR count). The van der Waals surface area contributed by atoms with Crippen molar-refractivity contribution >= 4 is 5.82 Å². The Hall–Kier alpha value is -2.21. The van der Waals surface area contributed by atoms with Crippen LogP contribution in [0.25, 0.3) is 0 Å². The van der Waals surface area contributed by atoms with Gasteiger partial charge < -0.3 is 9.64 Å². The van der Waals surface area contributed by atoms with Gasteiger partial charge in [0, 0.05) is 31.9 Å². The van der Waals surface area contributed by atoms with Gasteiger partial charge in [-0.1, -0.05) is 6.07 Å². The average Bonchev–Trinajstić information content (AvgIpc) is 3.05. The minimum atomic E-state index is -0.290. The molecule has 132 valence electrons. The average molecular weight is 342 g/mol. The van der Waals surface area contributed by atoms with Crippen LogP contribution in [0.2, 0.25) is 0 Å². The lowest BCUT2D eigenvalue weighted by Gasteiger charge is -2.39. The summed E-state index contributed by atoms with van der Waals surface area (Å²) in [5.74, 6) is 1.73. The number of anilines is 1. The summed E-state index contributed by atoms with van der Waals surface area (Å²) in [7, 11) is 1.49. The number of methoxy groups -OCH3 is 1. The number of fused-ring (bicyclic) bond motifs is 1. The number of piperidine rings is 1. The Morgan fingerprint density at radius 3 is 2.88 bits per heavy atom. The Balaban J connectivity index is 1.47. The lowest BCUT2D eigenvalue weighted by atomic mass is 9.92. The molecule has 2 aliphatic heterocycles. The standard InChI is InChI=1S/C19H23FN4O/c1-25-18-3-2-14(10-16(18)20)11-23-8-5-15-6-9-24(12-17(15)23)19-4-7-21-13-22-19/h2-4,7,10,13,15,17H,5-6,8-9,11-12H2,1H3. The highest BCUT2D eigenvalue weighted by atomic mass is 19.1. The first-order valence-electron chi connectivity index (χ1n) is 8.82. The molecule has 2 saturated heterocycles. The van der Waals surface area contributed by atoms with Gasteiger partial charge in [0.2, 0.25) is 0 Å². The van der Waals surface area contributed by atoms with Crippen molar-refractivity contribution in [3.8, 4) is 5.75 Å². The number of hydrogen-bond donors (Lipinski definition) is 0. The molecule has 3 heterocycles. The second-order valence-corrected chi connectivity index (χ2v) is 6.86. The van der Waals surface area contributed by atoms with Crippen LogP contribution in [0.15, 0.2) is 36.8 Å². The summed E-state index contributed by atoms with van der Waals surface area (Å²) in [5.41, 5.74) is 0.998. The minimum Gasteiger partial charge on any atom is -0.494 e. The second kappa shape index (κ2) is 6.96. The van der Waals surface area contributed by atoms with Crippen LogP contribution in [0, 0.1) is 11.7 Å². The van der Waals surface area contributed by atoms with Crippen LogP contribution in [0.3, 0.4) is 0 Å². The molecule has 2 aliphatic rings. The predicted octanol–water partition coefficient (Wildman–Crippen LogP) is 2.73. The Bertz CT molecular complexity index is 727. The lowest BCUT2D eigenvalue weighted by Crippen LogP contribution is -2.48. The van der Waals surface area contributed by atoms with E-state index >= 15 is 0 Å². The molecule has 0 bridgehead atoms. The summed E-state index contributed by atoms with van der Waals surface area (Å²) < 4.78 is 19.0. The van der Waals surface area contributed by atoms with Crippen molar-refractivity contribution in [1.29, 1.82) is 0 Å². The SMILES string of the molecule is COc1ccc(CN2CCC3CCN(c4ccncn4)CC32)cc1F. The smallest absolute Gasteiger partial charge is 0.165 e. The topological polar surface area (TPSA) is 41.5 Å². The zero-order chi connectivity index (χ0) is 17.2. The number of halogens is 1. The van der Waals surface area contributed by atoms with Crippen molar-refractivity contribution in [2.24, 2.45) is 5.92 Å². The number of ether oxygens (including phenoxy) is 1. The van der Waals surface area contributed by atoms with Crippen molar-refractivity contribution in [1.82, 2.24) is 14.9 Å². The third-order valence-electron chi connectivity index (χ3n) is 5.47. The van der Waals surface area contributed by atoms with E-state index in [0.29, 0.717) is 11.8 Å². The summed E-state index contributed by atoms with van der Waals surface area (Å²) in [6.07, 6.45) is 5.80. The fourth-order valence-electron chi connectivity index (χ4n) is 4.15. The maximum atomic E-state index is 14.0. The van der Waals surface area contributed by atoms with Gasteiger partial charge in [-0.3, -0.25) is 4.90 Å². The van der Waals surface area contributed by atoms with Crippen LogP contribution in [0.1, 0.15) is 18.4 Å². The van der Waals surface area contributed by atoms with E-state index < -0.39 is 0 Å². The molecule has 0 amide bonds. The summed E-state index contributed by atoms with van der Waals surface area (Å²) in [6.45, 7) is 3.86. The van der Waals surface area contributed by atoms with Gasteiger partial charge in [0.15, 0.2) is 11.6 Å². The van der Waals surface area contributed by atoms with Gasteiger partial charge in [0.05, 0.1) is 7.11 Å². The number of aromatic nitrogens is 2. The summed E-state index contributed by atoms with van der Waals surface area (Å²) >= 11 is 0. The number of nitrogens with zero attached hydrogens (tertiary/aromatic N) is 4. The molecular formula is C19H23FN4O. The van der Waals surface area contributed by atoms with Crippen LogP contribution < -0.4 is 9.64 Å². The first kappa shape index (κ1) is 16.3. The molecule has 0 N–H and O–H groups in total. The minimum absolute atomic E-state index is 0.290. The maximum absolute atomic E-state index is 14.0. The quantitative estimate of drug-likeness (QED) is 0.855. The molecule has 2 atom stereocenters. The second-order valence-electron chi connectivity index (χ2n) is 6.86. The molecule has 2 unspecified atom stereocenters. The van der Waals surface area contributed by atoms with Gasteiger partial charge >= 0.3 is 0 Å². The number of likely N-dealkylation sites (tertiary alicyclic amines) is 1. The van der Waals surface area contributed by atoms with Crippen molar-refractivity contribution in [2.45, 2.75) is 25.4 Å². The molecule has 25 heavy (non-hydrogen) atoms. The molecule has 5 nitrogen and oxygen atoms in total. The Morgan fingerprint density at radius 2 is 2.12 bits per heavy atom. The largest absolute Gasteiger partial charge is 0.494 e. The van der Waals surface area contributed by atoms with E-state index in [0.717, 1.165) is 43.5 Å². The van der Waals surface area contributed by atoms with E-state index in [2.05, 4.69) is 19.8 Å². The van der Waals surface area contributed by atoms with E-state index in [-0.39, 0.29) is 5.82 Å². The molecule has 0 aliphatic carbocycles. The third-order valence-corrected chi connectivity index (χ3v) is 5.47. The van der Waals surface area contributed by atoms with Crippen molar-refractivity contribution < 1.29 is 9.13 Å². The molecule has 2 aromatic rings. The number of rotatable bonds is 4. The summed E-state index contributed by atoms with van der Waals surface area (Å²) in [4.78, 5) is 13.2. The van der Waals surface area contributed by atoms with E-state index in [1.165, 1.54) is 20.0 Å². The number of hydrogen-bond acceptors (Lipinski definition) is 5. The van der Waals surface area contributed by atoms with E-state index in [9.17, 15) is 4.39 Å². The fraction of sp³-hybridized carbons (Fsp3) is 0.474.